The smallest absolute Gasteiger partial charge is 0.0918 e. The molecule has 0 aromatic rings. The largest absolute Gasteiger partial charge is 0.388 e. The fourth-order valence-electron chi connectivity index (χ4n) is 1.87. The average Bonchev–Trinajstić information content (AvgIpc) is 2.16. The molecule has 1 aliphatic heterocycles. The number of hydrogen-bond acceptors (Lipinski definition) is 3. The van der Waals surface area contributed by atoms with Gasteiger partial charge in [0.2, 0.25) is 0 Å². The van der Waals surface area contributed by atoms with E-state index in [0.29, 0.717) is 12.5 Å². The van der Waals surface area contributed by atoms with Gasteiger partial charge in [0, 0.05) is 26.1 Å². The van der Waals surface area contributed by atoms with Crippen LogP contribution in [0.5, 0.6) is 0 Å². The van der Waals surface area contributed by atoms with Gasteiger partial charge in [0.25, 0.3) is 0 Å². The van der Waals surface area contributed by atoms with Crippen molar-refractivity contribution in [3.63, 3.8) is 0 Å². The summed E-state index contributed by atoms with van der Waals surface area (Å²) in [5, 5.41) is 7.16. The number of nitrogens with two attached hydrogens (primary N) is 1. The van der Waals surface area contributed by atoms with Crippen LogP contribution in [0.25, 0.3) is 0 Å². The molecule has 14 heavy (non-hydrogen) atoms. The lowest BCUT2D eigenvalue weighted by atomic mass is 10.1. The summed E-state index contributed by atoms with van der Waals surface area (Å²) < 4.78 is 5.59. The summed E-state index contributed by atoms with van der Waals surface area (Å²) >= 11 is 0. The predicted octanol–water partition coefficient (Wildman–Crippen LogP) is 0.813. The minimum Gasteiger partial charge on any atom is -0.388 e. The standard InChI is InChI=1S/C10H21N3O/c1-2-14-9-4-3-6-13(8-9)7-5-10(11)12/h9H,2-8H2,1H3,(H3,11,12). The second kappa shape index (κ2) is 5.98. The minimum absolute atomic E-state index is 0.281. The summed E-state index contributed by atoms with van der Waals surface area (Å²) in [6, 6.07) is 0. The zero-order chi connectivity index (χ0) is 10.4. The highest BCUT2D eigenvalue weighted by atomic mass is 16.5. The Morgan fingerprint density at radius 3 is 3.07 bits per heavy atom. The van der Waals surface area contributed by atoms with E-state index in [1.165, 1.54) is 12.8 Å². The lowest BCUT2D eigenvalue weighted by molar-refractivity contribution is 0.00674. The summed E-state index contributed by atoms with van der Waals surface area (Å²) in [5.41, 5.74) is 5.33. The monoisotopic (exact) mass is 199 g/mol. The third kappa shape index (κ3) is 4.07. The van der Waals surface area contributed by atoms with Gasteiger partial charge in [-0.3, -0.25) is 5.41 Å². The molecule has 1 aliphatic rings. The van der Waals surface area contributed by atoms with E-state index in [9.17, 15) is 0 Å². The molecule has 4 heteroatoms. The van der Waals surface area contributed by atoms with E-state index in [4.69, 9.17) is 15.9 Å². The molecule has 0 spiro atoms. The number of hydrogen-bond donors (Lipinski definition) is 2. The van der Waals surface area contributed by atoms with Gasteiger partial charge >= 0.3 is 0 Å². The molecule has 1 saturated heterocycles. The number of ether oxygens (including phenoxy) is 1. The molecule has 1 rings (SSSR count). The Morgan fingerprint density at radius 1 is 1.64 bits per heavy atom. The molecular weight excluding hydrogens is 178 g/mol. The minimum atomic E-state index is 0.281. The van der Waals surface area contributed by atoms with Crippen LogP contribution in [0.1, 0.15) is 26.2 Å². The van der Waals surface area contributed by atoms with Crippen LogP contribution in [0.2, 0.25) is 0 Å². The number of rotatable bonds is 5. The van der Waals surface area contributed by atoms with E-state index >= 15 is 0 Å². The Morgan fingerprint density at radius 2 is 2.43 bits per heavy atom. The summed E-state index contributed by atoms with van der Waals surface area (Å²) in [7, 11) is 0. The van der Waals surface area contributed by atoms with Crippen molar-refractivity contribution in [2.75, 3.05) is 26.2 Å². The Kier molecular flexibility index (Phi) is 4.90. The normalized spacial score (nSPS) is 23.6. The van der Waals surface area contributed by atoms with Crippen LogP contribution >= 0.6 is 0 Å². The molecular formula is C10H21N3O. The lowest BCUT2D eigenvalue weighted by Crippen LogP contribution is -2.41. The zero-order valence-electron chi connectivity index (χ0n) is 8.96. The van der Waals surface area contributed by atoms with Crippen LogP contribution in [0.4, 0.5) is 0 Å². The molecule has 1 atom stereocenters. The first-order valence-electron chi connectivity index (χ1n) is 5.39. The van der Waals surface area contributed by atoms with Crippen molar-refractivity contribution in [3.8, 4) is 0 Å². The molecule has 0 aromatic heterocycles. The molecule has 0 amide bonds. The van der Waals surface area contributed by atoms with Gasteiger partial charge in [-0.1, -0.05) is 0 Å². The lowest BCUT2D eigenvalue weighted by Gasteiger charge is -2.32. The highest BCUT2D eigenvalue weighted by molar-refractivity contribution is 5.76. The maximum absolute atomic E-state index is 7.16. The second-order valence-corrected chi connectivity index (χ2v) is 3.80. The molecule has 82 valence electrons. The Bertz CT molecular complexity index is 182. The van der Waals surface area contributed by atoms with E-state index < -0.39 is 0 Å². The van der Waals surface area contributed by atoms with Crippen LogP contribution in [0.15, 0.2) is 0 Å². The van der Waals surface area contributed by atoms with Crippen molar-refractivity contribution in [1.82, 2.24) is 4.90 Å². The van der Waals surface area contributed by atoms with E-state index in [2.05, 4.69) is 4.90 Å². The van der Waals surface area contributed by atoms with Crippen LogP contribution in [-0.2, 0) is 4.74 Å². The van der Waals surface area contributed by atoms with Gasteiger partial charge in [-0.05, 0) is 26.3 Å². The first kappa shape index (κ1) is 11.5. The maximum atomic E-state index is 7.16. The number of nitrogens with zero attached hydrogens (tertiary/aromatic N) is 1. The summed E-state index contributed by atoms with van der Waals surface area (Å²) in [6.07, 6.45) is 3.44. The SMILES string of the molecule is CCOC1CCCN(CCC(=N)N)C1. The van der Waals surface area contributed by atoms with Gasteiger partial charge in [-0.2, -0.15) is 0 Å². The first-order chi connectivity index (χ1) is 6.72. The van der Waals surface area contributed by atoms with Crippen LogP contribution in [-0.4, -0.2) is 43.1 Å². The Balaban J connectivity index is 2.21. The molecule has 3 N–H and O–H groups in total. The summed E-state index contributed by atoms with van der Waals surface area (Å²) in [5.74, 6) is 0.281. The number of amidine groups is 1. The van der Waals surface area contributed by atoms with E-state index in [1.54, 1.807) is 0 Å². The highest BCUT2D eigenvalue weighted by Gasteiger charge is 2.19. The van der Waals surface area contributed by atoms with Gasteiger partial charge < -0.3 is 15.4 Å². The quantitative estimate of drug-likeness (QED) is 0.509. The fourth-order valence-corrected chi connectivity index (χ4v) is 1.87. The van der Waals surface area contributed by atoms with E-state index in [1.807, 2.05) is 6.92 Å². The van der Waals surface area contributed by atoms with Crippen LogP contribution < -0.4 is 5.73 Å². The number of likely N-dealkylation sites (tertiary alicyclic amines) is 1. The summed E-state index contributed by atoms with van der Waals surface area (Å²) in [6.45, 7) is 5.86. The van der Waals surface area contributed by atoms with Crippen LogP contribution in [0.3, 0.4) is 0 Å². The van der Waals surface area contributed by atoms with Crippen molar-refractivity contribution in [1.29, 1.82) is 5.41 Å². The molecule has 0 saturated carbocycles. The average molecular weight is 199 g/mol. The van der Waals surface area contributed by atoms with Gasteiger partial charge in [-0.25, -0.2) is 0 Å². The van der Waals surface area contributed by atoms with Crippen molar-refractivity contribution >= 4 is 5.84 Å². The van der Waals surface area contributed by atoms with Crippen molar-refractivity contribution in [2.45, 2.75) is 32.3 Å². The molecule has 0 bridgehead atoms. The molecule has 1 fully saturated rings. The van der Waals surface area contributed by atoms with Gasteiger partial charge in [0.15, 0.2) is 0 Å². The van der Waals surface area contributed by atoms with Gasteiger partial charge in [-0.15, -0.1) is 0 Å². The molecule has 1 heterocycles. The molecule has 0 aromatic carbocycles. The van der Waals surface area contributed by atoms with Crippen molar-refractivity contribution < 1.29 is 4.74 Å². The molecule has 4 nitrogen and oxygen atoms in total. The molecule has 0 radical (unpaired) electrons. The number of piperidine rings is 1. The van der Waals surface area contributed by atoms with Gasteiger partial charge in [0.1, 0.15) is 0 Å². The Hall–Kier alpha value is -0.610. The fraction of sp³-hybridized carbons (Fsp3) is 0.900. The highest BCUT2D eigenvalue weighted by Crippen LogP contribution is 2.13. The van der Waals surface area contributed by atoms with Crippen molar-refractivity contribution in [2.24, 2.45) is 5.73 Å². The summed E-state index contributed by atoms with van der Waals surface area (Å²) in [4.78, 5) is 2.34. The second-order valence-electron chi connectivity index (χ2n) is 3.80. The molecule has 1 unspecified atom stereocenters. The van der Waals surface area contributed by atoms with Crippen LogP contribution in [0, 0.1) is 5.41 Å². The zero-order valence-corrected chi connectivity index (χ0v) is 8.96. The first-order valence-corrected chi connectivity index (χ1v) is 5.39. The topological polar surface area (TPSA) is 62.3 Å². The van der Waals surface area contributed by atoms with Crippen molar-refractivity contribution in [3.05, 3.63) is 0 Å². The van der Waals surface area contributed by atoms with E-state index in [0.717, 1.165) is 26.2 Å². The third-order valence-electron chi connectivity index (χ3n) is 2.56. The third-order valence-corrected chi connectivity index (χ3v) is 2.56. The van der Waals surface area contributed by atoms with Gasteiger partial charge in [0.05, 0.1) is 11.9 Å². The maximum Gasteiger partial charge on any atom is 0.0918 e. The Labute approximate surface area is 85.9 Å². The number of nitrogens with one attached hydrogen (secondary N) is 1. The molecule has 0 aliphatic carbocycles. The van der Waals surface area contributed by atoms with E-state index in [-0.39, 0.29) is 5.84 Å². The predicted molar refractivity (Wildman–Crippen MR) is 57.6 cm³/mol.